The van der Waals surface area contributed by atoms with Gasteiger partial charge in [-0.2, -0.15) is 0 Å². The van der Waals surface area contributed by atoms with Gasteiger partial charge in [-0.15, -0.1) is 0 Å². The highest BCUT2D eigenvalue weighted by Gasteiger charge is 2.18. The highest BCUT2D eigenvalue weighted by Crippen LogP contribution is 2.35. The Labute approximate surface area is 135 Å². The van der Waals surface area contributed by atoms with Gasteiger partial charge in [-0.05, 0) is 39.0 Å². The standard InChI is InChI=1S/C17H11BrClFO/c18-16-13(6-3-7-15(16)20)17(21)12-8-9-14(19)11-5-2-1-4-10(11)12/h1-9,17,21H. The largest absolute Gasteiger partial charge is 0.384 e. The molecule has 0 saturated carbocycles. The number of hydrogen-bond acceptors (Lipinski definition) is 1. The molecule has 0 fully saturated rings. The van der Waals surface area contributed by atoms with E-state index in [2.05, 4.69) is 15.9 Å². The average Bonchev–Trinajstić information content (AvgIpc) is 2.50. The average molecular weight is 366 g/mol. The van der Waals surface area contributed by atoms with E-state index in [1.54, 1.807) is 24.3 Å². The first kappa shape index (κ1) is 14.5. The van der Waals surface area contributed by atoms with E-state index in [1.165, 1.54) is 6.07 Å². The van der Waals surface area contributed by atoms with Gasteiger partial charge in [0.05, 0.1) is 4.47 Å². The second kappa shape index (κ2) is 5.76. The summed E-state index contributed by atoms with van der Waals surface area (Å²) in [6.45, 7) is 0. The van der Waals surface area contributed by atoms with Crippen LogP contribution < -0.4 is 0 Å². The molecule has 0 saturated heterocycles. The van der Waals surface area contributed by atoms with Crippen molar-refractivity contribution in [3.8, 4) is 0 Å². The Morgan fingerprint density at radius 3 is 2.38 bits per heavy atom. The summed E-state index contributed by atoms with van der Waals surface area (Å²) in [4.78, 5) is 0. The van der Waals surface area contributed by atoms with E-state index < -0.39 is 11.9 Å². The van der Waals surface area contributed by atoms with E-state index in [0.717, 1.165) is 10.8 Å². The Morgan fingerprint density at radius 1 is 0.905 bits per heavy atom. The molecule has 3 rings (SSSR count). The number of halogens is 3. The highest BCUT2D eigenvalue weighted by atomic mass is 79.9. The Balaban J connectivity index is 2.21. The number of benzene rings is 3. The van der Waals surface area contributed by atoms with Crippen molar-refractivity contribution >= 4 is 38.3 Å². The molecule has 0 heterocycles. The van der Waals surface area contributed by atoms with Gasteiger partial charge in [-0.25, -0.2) is 4.39 Å². The van der Waals surface area contributed by atoms with Crippen LogP contribution in [0.1, 0.15) is 17.2 Å². The zero-order valence-corrected chi connectivity index (χ0v) is 13.2. The Morgan fingerprint density at radius 2 is 1.62 bits per heavy atom. The van der Waals surface area contributed by atoms with Gasteiger partial charge >= 0.3 is 0 Å². The maximum atomic E-state index is 13.7. The summed E-state index contributed by atoms with van der Waals surface area (Å²) in [5.74, 6) is -0.398. The molecule has 1 unspecified atom stereocenters. The fourth-order valence-electron chi connectivity index (χ4n) is 2.42. The normalized spacial score (nSPS) is 12.6. The number of fused-ring (bicyclic) bond motifs is 1. The molecule has 0 aliphatic carbocycles. The van der Waals surface area contributed by atoms with Crippen molar-refractivity contribution in [2.75, 3.05) is 0 Å². The maximum Gasteiger partial charge on any atom is 0.137 e. The van der Waals surface area contributed by atoms with Crippen LogP contribution in [0, 0.1) is 5.82 Å². The quantitative estimate of drug-likeness (QED) is 0.638. The predicted molar refractivity (Wildman–Crippen MR) is 87.1 cm³/mol. The van der Waals surface area contributed by atoms with E-state index in [1.807, 2.05) is 24.3 Å². The first-order valence-corrected chi connectivity index (χ1v) is 7.56. The van der Waals surface area contributed by atoms with Gasteiger partial charge in [0.25, 0.3) is 0 Å². The molecule has 21 heavy (non-hydrogen) atoms. The van der Waals surface area contributed by atoms with Crippen LogP contribution in [-0.2, 0) is 0 Å². The van der Waals surface area contributed by atoms with Gasteiger partial charge in [0, 0.05) is 16.0 Å². The first-order chi connectivity index (χ1) is 10.1. The van der Waals surface area contributed by atoms with Gasteiger partial charge in [0.1, 0.15) is 11.9 Å². The minimum Gasteiger partial charge on any atom is -0.384 e. The number of rotatable bonds is 2. The molecule has 1 N–H and O–H groups in total. The topological polar surface area (TPSA) is 20.2 Å². The van der Waals surface area contributed by atoms with Crippen molar-refractivity contribution in [2.24, 2.45) is 0 Å². The molecule has 0 aliphatic heterocycles. The van der Waals surface area contributed by atoms with Gasteiger partial charge in [0.2, 0.25) is 0 Å². The van der Waals surface area contributed by atoms with E-state index in [-0.39, 0.29) is 4.47 Å². The molecule has 4 heteroatoms. The lowest BCUT2D eigenvalue weighted by Gasteiger charge is -2.16. The summed E-state index contributed by atoms with van der Waals surface area (Å²) < 4.78 is 13.9. The lowest BCUT2D eigenvalue weighted by molar-refractivity contribution is 0.220. The van der Waals surface area contributed by atoms with E-state index >= 15 is 0 Å². The van der Waals surface area contributed by atoms with Crippen LogP contribution >= 0.6 is 27.5 Å². The SMILES string of the molecule is OC(c1cccc(F)c1Br)c1ccc(Cl)c2ccccc12. The lowest BCUT2D eigenvalue weighted by Crippen LogP contribution is -2.02. The van der Waals surface area contributed by atoms with Crippen LogP contribution in [-0.4, -0.2) is 5.11 Å². The van der Waals surface area contributed by atoms with E-state index in [9.17, 15) is 9.50 Å². The zero-order chi connectivity index (χ0) is 15.0. The molecule has 106 valence electrons. The zero-order valence-electron chi connectivity index (χ0n) is 10.9. The molecule has 3 aromatic carbocycles. The lowest BCUT2D eigenvalue weighted by atomic mass is 9.96. The van der Waals surface area contributed by atoms with Crippen molar-refractivity contribution in [3.05, 3.63) is 81.0 Å². The van der Waals surface area contributed by atoms with Gasteiger partial charge in [-0.1, -0.05) is 54.1 Å². The third-order valence-electron chi connectivity index (χ3n) is 3.48. The van der Waals surface area contributed by atoms with Crippen LogP contribution in [0.25, 0.3) is 10.8 Å². The van der Waals surface area contributed by atoms with Gasteiger partial charge in [-0.3, -0.25) is 0 Å². The van der Waals surface area contributed by atoms with Crippen LogP contribution in [0.15, 0.2) is 59.1 Å². The van der Waals surface area contributed by atoms with Crippen molar-refractivity contribution in [2.45, 2.75) is 6.10 Å². The minimum atomic E-state index is -0.933. The van der Waals surface area contributed by atoms with Crippen LogP contribution in [0.4, 0.5) is 4.39 Å². The summed E-state index contributed by atoms with van der Waals surface area (Å²) in [6, 6.07) is 15.7. The fraction of sp³-hybridized carbons (Fsp3) is 0.0588. The summed E-state index contributed by atoms with van der Waals surface area (Å²) in [6.07, 6.45) is -0.933. The maximum absolute atomic E-state index is 13.7. The summed E-state index contributed by atoms with van der Waals surface area (Å²) in [7, 11) is 0. The molecule has 0 aliphatic rings. The smallest absolute Gasteiger partial charge is 0.137 e. The predicted octanol–water partition coefficient (Wildman–Crippen LogP) is 5.48. The van der Waals surface area contributed by atoms with Gasteiger partial charge < -0.3 is 5.11 Å². The van der Waals surface area contributed by atoms with Crippen molar-refractivity contribution in [1.82, 2.24) is 0 Å². The molecular weight excluding hydrogens is 355 g/mol. The van der Waals surface area contributed by atoms with Crippen molar-refractivity contribution in [1.29, 1.82) is 0 Å². The molecule has 0 aromatic heterocycles. The third-order valence-corrected chi connectivity index (χ3v) is 4.64. The van der Waals surface area contributed by atoms with Crippen LogP contribution in [0.3, 0.4) is 0 Å². The molecule has 1 atom stereocenters. The summed E-state index contributed by atoms with van der Waals surface area (Å²) in [5, 5.41) is 13.0. The molecular formula is C17H11BrClFO. The third kappa shape index (κ3) is 2.57. The highest BCUT2D eigenvalue weighted by molar-refractivity contribution is 9.10. The molecule has 0 spiro atoms. The minimum absolute atomic E-state index is 0.275. The number of aliphatic hydroxyl groups excluding tert-OH is 1. The van der Waals surface area contributed by atoms with Crippen molar-refractivity contribution < 1.29 is 9.50 Å². The molecule has 3 aromatic rings. The molecule has 0 amide bonds. The van der Waals surface area contributed by atoms with Crippen LogP contribution in [0.5, 0.6) is 0 Å². The number of aliphatic hydroxyl groups is 1. The first-order valence-electron chi connectivity index (χ1n) is 6.38. The molecule has 1 nitrogen and oxygen atoms in total. The van der Waals surface area contributed by atoms with Crippen LogP contribution in [0.2, 0.25) is 5.02 Å². The fourth-order valence-corrected chi connectivity index (χ4v) is 3.13. The summed E-state index contributed by atoms with van der Waals surface area (Å²) in [5.41, 5.74) is 1.18. The van der Waals surface area contributed by atoms with Crippen molar-refractivity contribution in [3.63, 3.8) is 0 Å². The van der Waals surface area contributed by atoms with E-state index in [0.29, 0.717) is 16.1 Å². The monoisotopic (exact) mass is 364 g/mol. The van der Waals surface area contributed by atoms with Gasteiger partial charge in [0.15, 0.2) is 0 Å². The Bertz CT molecular complexity index is 819. The molecule has 0 bridgehead atoms. The summed E-state index contributed by atoms with van der Waals surface area (Å²) >= 11 is 9.38. The Hall–Kier alpha value is -1.42. The molecule has 0 radical (unpaired) electrons. The number of hydrogen-bond donors (Lipinski definition) is 1. The second-order valence-electron chi connectivity index (χ2n) is 4.73. The Kier molecular flexibility index (Phi) is 3.98. The second-order valence-corrected chi connectivity index (χ2v) is 5.93. The van der Waals surface area contributed by atoms with E-state index in [4.69, 9.17) is 11.6 Å².